The molecule has 3 heterocycles. The van der Waals surface area contributed by atoms with Gasteiger partial charge in [-0.05, 0) is 52.0 Å². The summed E-state index contributed by atoms with van der Waals surface area (Å²) >= 11 is 0. The molecule has 1 aliphatic heterocycles. The minimum Gasteiger partial charge on any atom is -0.461 e. The molecule has 5 N–H and O–H groups in total. The van der Waals surface area contributed by atoms with E-state index in [-0.39, 0.29) is 23.9 Å². The Morgan fingerprint density at radius 1 is 1.04 bits per heavy atom. The number of aromatic nitrogens is 3. The molecule has 1 fully saturated rings. The van der Waals surface area contributed by atoms with Gasteiger partial charge in [-0.1, -0.05) is 45.9 Å². The van der Waals surface area contributed by atoms with Crippen LogP contribution in [0.2, 0.25) is 0 Å². The molecule has 2 aromatic heterocycles. The molecular formula is C33H47N5O14P2. The fraction of sp³-hybridized carbons (Fsp3) is 0.545. The lowest BCUT2D eigenvalue weighted by atomic mass is 9.85. The van der Waals surface area contributed by atoms with Crippen LogP contribution in [-0.2, 0) is 57.1 Å². The number of phosphoric acid groups is 1. The normalized spacial score (nSPS) is 22.2. The second kappa shape index (κ2) is 16.4. The van der Waals surface area contributed by atoms with Crippen molar-refractivity contribution in [2.24, 2.45) is 11.8 Å². The van der Waals surface area contributed by atoms with Crippen LogP contribution in [0.5, 0.6) is 5.75 Å². The fourth-order valence-corrected chi connectivity index (χ4v) is 7.63. The van der Waals surface area contributed by atoms with Gasteiger partial charge in [-0.3, -0.25) is 23.4 Å². The summed E-state index contributed by atoms with van der Waals surface area (Å²) in [6.45, 7) is 10.3. The highest BCUT2D eigenvalue weighted by molar-refractivity contribution is 7.52. The van der Waals surface area contributed by atoms with Crippen LogP contribution in [0.4, 0.5) is 5.82 Å². The lowest BCUT2D eigenvalue weighted by molar-refractivity contribution is -0.193. The van der Waals surface area contributed by atoms with E-state index in [1.165, 1.54) is 50.7 Å². The van der Waals surface area contributed by atoms with Gasteiger partial charge in [0, 0.05) is 0 Å². The van der Waals surface area contributed by atoms with Gasteiger partial charge in [-0.15, -0.1) is 0 Å². The number of anilines is 1. The number of phosphoric ester groups is 1. The third-order valence-electron chi connectivity index (χ3n) is 8.09. The number of rotatable bonds is 17. The van der Waals surface area contributed by atoms with E-state index in [2.05, 4.69) is 19.7 Å². The standard InChI is InChI=1S/C33H47N5O14P2/c1-20(2)27(39)49-30-32(8,47-18-33(30,50-28(40)21(3)4)25-15-14-24-26(34)35-19-36-38(24)25)17-48-53(42,51-23-12-10-9-11-13-23)37-22(5)29(41)46-16-31(6,7)52-54(43,44)45/h9-15,19-22,30H,16-18H2,1-8H3,(H,37,42)(H2,34,35,36)(H2,43,44,45)/t22-,30+,32+,33?,53?/m0/s1. The van der Waals surface area contributed by atoms with Crippen molar-refractivity contribution < 1.29 is 65.8 Å². The minimum atomic E-state index is -4.92. The number of carbonyl (C=O) groups excluding carboxylic acids is 3. The van der Waals surface area contributed by atoms with Gasteiger partial charge >= 0.3 is 33.5 Å². The fourth-order valence-electron chi connectivity index (χ4n) is 5.35. The maximum Gasteiger partial charge on any atom is 0.470 e. The second-order valence-electron chi connectivity index (χ2n) is 14.2. The van der Waals surface area contributed by atoms with Crippen molar-refractivity contribution in [3.8, 4) is 5.75 Å². The monoisotopic (exact) mass is 799 g/mol. The topological polar surface area (TPSA) is 259 Å². The van der Waals surface area contributed by atoms with Crippen LogP contribution in [0.3, 0.4) is 0 Å². The lowest BCUT2D eigenvalue weighted by Gasteiger charge is -2.38. The number of fused-ring (bicyclic) bond motifs is 1. The van der Waals surface area contributed by atoms with E-state index in [1.54, 1.807) is 58.0 Å². The maximum atomic E-state index is 14.5. The van der Waals surface area contributed by atoms with Gasteiger partial charge in [-0.2, -0.15) is 10.2 Å². The van der Waals surface area contributed by atoms with E-state index >= 15 is 0 Å². The van der Waals surface area contributed by atoms with Crippen molar-refractivity contribution >= 4 is 44.8 Å². The number of carbonyl (C=O) groups is 3. The summed E-state index contributed by atoms with van der Waals surface area (Å²) in [6.07, 6.45) is -0.252. The van der Waals surface area contributed by atoms with E-state index in [1.807, 2.05) is 0 Å². The Morgan fingerprint density at radius 3 is 2.30 bits per heavy atom. The molecular weight excluding hydrogens is 752 g/mol. The summed E-state index contributed by atoms with van der Waals surface area (Å²) in [6, 6.07) is 9.70. The highest BCUT2D eigenvalue weighted by atomic mass is 31.2. The number of para-hydroxylation sites is 1. The summed E-state index contributed by atoms with van der Waals surface area (Å²) < 4.78 is 67.5. The Labute approximate surface area is 311 Å². The molecule has 21 heteroatoms. The number of esters is 3. The summed E-state index contributed by atoms with van der Waals surface area (Å²) in [7, 11) is -9.51. The highest BCUT2D eigenvalue weighted by Gasteiger charge is 2.64. The van der Waals surface area contributed by atoms with Gasteiger partial charge in [0.05, 0.1) is 30.7 Å². The first kappa shape index (κ1) is 42.8. The first-order valence-electron chi connectivity index (χ1n) is 16.9. The average Bonchev–Trinajstić information content (AvgIpc) is 3.63. The van der Waals surface area contributed by atoms with Gasteiger partial charge in [0.1, 0.15) is 41.4 Å². The van der Waals surface area contributed by atoms with E-state index < -0.39 is 87.5 Å². The number of benzene rings is 1. The zero-order chi connectivity index (χ0) is 40.3. The number of nitrogen functional groups attached to an aromatic ring is 1. The zero-order valence-electron chi connectivity index (χ0n) is 31.2. The SMILES string of the molecule is CC(C)C(=O)O[C@H]1C(OC(=O)C(C)C)(c2ccc3c(N)ncnn23)CO[C@]1(C)COP(=O)(N[C@@H](C)C(=O)OCC(C)(C)OP(=O)(O)O)Oc1ccccc1. The van der Waals surface area contributed by atoms with Gasteiger partial charge in [0.15, 0.2) is 11.9 Å². The third-order valence-corrected chi connectivity index (χ3v) is 10.4. The molecule has 0 saturated carbocycles. The van der Waals surface area contributed by atoms with Gasteiger partial charge in [-0.25, -0.2) is 18.6 Å². The Hall–Kier alpha value is -3.93. The van der Waals surface area contributed by atoms with Crippen molar-refractivity contribution in [2.75, 3.05) is 25.6 Å². The molecule has 298 valence electrons. The van der Waals surface area contributed by atoms with Crippen LogP contribution in [0.25, 0.3) is 5.52 Å². The molecule has 0 spiro atoms. The number of nitrogens with two attached hydrogens (primary N) is 1. The molecule has 0 radical (unpaired) electrons. The molecule has 0 amide bonds. The van der Waals surface area contributed by atoms with E-state index in [9.17, 15) is 33.3 Å². The lowest BCUT2D eigenvalue weighted by Crippen LogP contribution is -2.55. The number of nitrogens with one attached hydrogen (secondary N) is 1. The van der Waals surface area contributed by atoms with Gasteiger partial charge < -0.3 is 39.0 Å². The minimum absolute atomic E-state index is 0.0856. The summed E-state index contributed by atoms with van der Waals surface area (Å²) in [5.41, 5.74) is 1.57. The zero-order valence-corrected chi connectivity index (χ0v) is 32.9. The summed E-state index contributed by atoms with van der Waals surface area (Å²) in [4.78, 5) is 62.2. The second-order valence-corrected chi connectivity index (χ2v) is 17.0. The van der Waals surface area contributed by atoms with Crippen molar-refractivity contribution in [1.82, 2.24) is 19.7 Å². The van der Waals surface area contributed by atoms with Crippen LogP contribution in [0, 0.1) is 11.8 Å². The van der Waals surface area contributed by atoms with Crippen LogP contribution in [-0.4, -0.2) is 85.5 Å². The Bertz CT molecular complexity index is 1920. The Morgan fingerprint density at radius 2 is 1.69 bits per heavy atom. The van der Waals surface area contributed by atoms with Crippen molar-refractivity contribution in [3.05, 3.63) is 54.5 Å². The van der Waals surface area contributed by atoms with Crippen LogP contribution >= 0.6 is 15.6 Å². The van der Waals surface area contributed by atoms with Crippen LogP contribution < -0.4 is 15.3 Å². The Kier molecular flexibility index (Phi) is 13.0. The number of nitrogens with zero attached hydrogens (tertiary/aromatic N) is 3. The number of hydrogen-bond donors (Lipinski definition) is 4. The molecule has 2 unspecified atom stereocenters. The molecule has 0 aliphatic carbocycles. The quantitative estimate of drug-likeness (QED) is 0.0862. The summed E-state index contributed by atoms with van der Waals surface area (Å²) in [5.74, 6) is -3.40. The molecule has 3 aromatic rings. The predicted molar refractivity (Wildman–Crippen MR) is 190 cm³/mol. The van der Waals surface area contributed by atoms with Crippen molar-refractivity contribution in [2.45, 2.75) is 84.3 Å². The molecule has 1 aromatic carbocycles. The van der Waals surface area contributed by atoms with Gasteiger partial charge in [0.25, 0.3) is 0 Å². The van der Waals surface area contributed by atoms with Crippen molar-refractivity contribution in [1.29, 1.82) is 0 Å². The van der Waals surface area contributed by atoms with E-state index in [4.69, 9.17) is 33.7 Å². The largest absolute Gasteiger partial charge is 0.470 e. The molecule has 0 bridgehead atoms. The smallest absolute Gasteiger partial charge is 0.461 e. The molecule has 54 heavy (non-hydrogen) atoms. The Balaban J connectivity index is 1.71. The number of ether oxygens (including phenoxy) is 4. The van der Waals surface area contributed by atoms with Crippen LogP contribution in [0.15, 0.2) is 48.8 Å². The highest BCUT2D eigenvalue weighted by Crippen LogP contribution is 2.51. The molecule has 19 nitrogen and oxygen atoms in total. The van der Waals surface area contributed by atoms with E-state index in [0.29, 0.717) is 5.52 Å². The molecule has 4 rings (SSSR count). The molecule has 1 saturated heterocycles. The molecule has 1 aliphatic rings. The van der Waals surface area contributed by atoms with Gasteiger partial charge in [0.2, 0.25) is 5.60 Å². The summed E-state index contributed by atoms with van der Waals surface area (Å²) in [5, 5.41) is 6.84. The van der Waals surface area contributed by atoms with E-state index in [0.717, 1.165) is 0 Å². The first-order valence-corrected chi connectivity index (χ1v) is 19.9. The average molecular weight is 800 g/mol. The predicted octanol–water partition coefficient (Wildman–Crippen LogP) is 3.68. The molecule has 5 atom stereocenters. The van der Waals surface area contributed by atoms with Crippen molar-refractivity contribution in [3.63, 3.8) is 0 Å². The maximum absolute atomic E-state index is 14.5. The number of hydrogen-bond acceptors (Lipinski definition) is 15. The third kappa shape index (κ3) is 10.2. The van der Waals surface area contributed by atoms with Crippen LogP contribution in [0.1, 0.15) is 61.1 Å². The first-order chi connectivity index (χ1) is 25.0.